The van der Waals surface area contributed by atoms with Gasteiger partial charge < -0.3 is 14.5 Å². The number of carbonyl (C=O) groups is 2. The van der Waals surface area contributed by atoms with Crippen molar-refractivity contribution in [2.45, 2.75) is 25.6 Å². The van der Waals surface area contributed by atoms with E-state index in [1.165, 1.54) is 22.1 Å². The summed E-state index contributed by atoms with van der Waals surface area (Å²) in [7, 11) is 0. The first-order valence-electron chi connectivity index (χ1n) is 8.01. The number of rotatable bonds is 4. The van der Waals surface area contributed by atoms with Crippen LogP contribution >= 0.6 is 0 Å². The van der Waals surface area contributed by atoms with E-state index < -0.39 is 0 Å². The Balaban J connectivity index is 1.70. The molecule has 2 amide bonds. The van der Waals surface area contributed by atoms with Gasteiger partial charge in [0.2, 0.25) is 11.8 Å². The van der Waals surface area contributed by atoms with E-state index >= 15 is 0 Å². The minimum Gasteiger partial charge on any atom is -0.364 e. The summed E-state index contributed by atoms with van der Waals surface area (Å²) in [5.41, 5.74) is 2.04. The Morgan fingerprint density at radius 2 is 2.22 bits per heavy atom. The lowest BCUT2D eigenvalue weighted by Gasteiger charge is -2.26. The molecule has 1 saturated heterocycles. The Kier molecular flexibility index (Phi) is 4.22. The minimum absolute atomic E-state index is 0.0353. The molecule has 0 aliphatic carbocycles. The van der Waals surface area contributed by atoms with Gasteiger partial charge in [-0.05, 0) is 30.5 Å². The van der Waals surface area contributed by atoms with Crippen LogP contribution in [0, 0.1) is 0 Å². The number of amides is 2. The van der Waals surface area contributed by atoms with Crippen LogP contribution < -0.4 is 0 Å². The third kappa shape index (κ3) is 2.77. The number of hydrogen-bond donors (Lipinski definition) is 0. The Bertz CT molecular complexity index is 643. The summed E-state index contributed by atoms with van der Waals surface area (Å²) in [6.07, 6.45) is 2.05. The quantitative estimate of drug-likeness (QED) is 0.795. The van der Waals surface area contributed by atoms with E-state index in [0.717, 1.165) is 6.42 Å². The van der Waals surface area contributed by atoms with Crippen molar-refractivity contribution in [3.63, 3.8) is 0 Å². The number of ether oxygens (including phenoxy) is 1. The summed E-state index contributed by atoms with van der Waals surface area (Å²) in [6, 6.07) is 8.20. The van der Waals surface area contributed by atoms with Gasteiger partial charge in [0.05, 0.1) is 19.7 Å². The first-order valence-corrected chi connectivity index (χ1v) is 8.01. The molecular formula is C18H22N2O3. The second-order valence-electron chi connectivity index (χ2n) is 6.06. The molecule has 2 heterocycles. The number of likely N-dealkylation sites (N-methyl/N-ethyl adjacent to an activating group) is 1. The molecule has 0 aromatic heterocycles. The molecule has 3 rings (SSSR count). The van der Waals surface area contributed by atoms with Crippen LogP contribution in [-0.2, 0) is 26.5 Å². The first-order chi connectivity index (χ1) is 11.1. The van der Waals surface area contributed by atoms with Crippen molar-refractivity contribution >= 4 is 11.8 Å². The van der Waals surface area contributed by atoms with Gasteiger partial charge in [0.1, 0.15) is 5.60 Å². The van der Waals surface area contributed by atoms with Gasteiger partial charge in [-0.15, -0.1) is 0 Å². The highest BCUT2D eigenvalue weighted by atomic mass is 16.5. The standard InChI is InChI=1S/C18H22N2O3/c1-3-16(21)19(4-2)11-17(22)20-10-9-18(13-20)15-8-6-5-7-14(15)12-23-18/h3,5-8H,1,4,9-13H2,2H3. The number of benzene rings is 1. The zero-order valence-electron chi connectivity index (χ0n) is 13.5. The topological polar surface area (TPSA) is 49.9 Å². The highest BCUT2D eigenvalue weighted by molar-refractivity contribution is 5.91. The number of hydrogen-bond acceptors (Lipinski definition) is 3. The molecule has 2 aliphatic rings. The Hall–Kier alpha value is -2.14. The monoisotopic (exact) mass is 314 g/mol. The van der Waals surface area contributed by atoms with Gasteiger partial charge in [0, 0.05) is 13.1 Å². The summed E-state index contributed by atoms with van der Waals surface area (Å²) in [6.45, 7) is 7.75. The van der Waals surface area contributed by atoms with Gasteiger partial charge in [-0.25, -0.2) is 0 Å². The Morgan fingerprint density at radius 1 is 1.43 bits per heavy atom. The second kappa shape index (κ2) is 6.16. The van der Waals surface area contributed by atoms with Crippen LogP contribution in [0.25, 0.3) is 0 Å². The summed E-state index contributed by atoms with van der Waals surface area (Å²) in [5.74, 6) is -0.246. The first kappa shape index (κ1) is 15.7. The smallest absolute Gasteiger partial charge is 0.246 e. The summed E-state index contributed by atoms with van der Waals surface area (Å²) < 4.78 is 6.06. The van der Waals surface area contributed by atoms with Gasteiger partial charge in [0.15, 0.2) is 0 Å². The lowest BCUT2D eigenvalue weighted by molar-refractivity contribution is -0.138. The maximum absolute atomic E-state index is 12.5. The van der Waals surface area contributed by atoms with Crippen molar-refractivity contribution < 1.29 is 14.3 Å². The van der Waals surface area contributed by atoms with E-state index in [1.54, 1.807) is 4.90 Å². The molecule has 5 nitrogen and oxygen atoms in total. The molecule has 1 atom stereocenters. The molecule has 1 aromatic rings. The van der Waals surface area contributed by atoms with Crippen molar-refractivity contribution in [2.75, 3.05) is 26.2 Å². The van der Waals surface area contributed by atoms with Crippen molar-refractivity contribution in [3.05, 3.63) is 48.0 Å². The molecule has 0 bridgehead atoms. The Morgan fingerprint density at radius 3 is 2.96 bits per heavy atom. The van der Waals surface area contributed by atoms with Crippen LogP contribution in [0.4, 0.5) is 0 Å². The largest absolute Gasteiger partial charge is 0.364 e. The molecule has 1 aromatic carbocycles. The van der Waals surface area contributed by atoms with E-state index in [9.17, 15) is 9.59 Å². The van der Waals surface area contributed by atoms with E-state index in [-0.39, 0.29) is 24.0 Å². The zero-order chi connectivity index (χ0) is 16.4. The van der Waals surface area contributed by atoms with Crippen molar-refractivity contribution in [1.82, 2.24) is 9.80 Å². The fourth-order valence-corrected chi connectivity index (χ4v) is 3.45. The van der Waals surface area contributed by atoms with Gasteiger partial charge >= 0.3 is 0 Å². The van der Waals surface area contributed by atoms with Crippen LogP contribution in [0.1, 0.15) is 24.5 Å². The van der Waals surface area contributed by atoms with Crippen LogP contribution in [-0.4, -0.2) is 47.8 Å². The molecule has 1 unspecified atom stereocenters. The maximum atomic E-state index is 12.5. The maximum Gasteiger partial charge on any atom is 0.246 e. The van der Waals surface area contributed by atoms with Crippen LogP contribution in [0.5, 0.6) is 0 Å². The fraction of sp³-hybridized carbons (Fsp3) is 0.444. The molecule has 0 saturated carbocycles. The summed E-state index contributed by atoms with van der Waals surface area (Å²) >= 11 is 0. The molecule has 5 heteroatoms. The second-order valence-corrected chi connectivity index (χ2v) is 6.06. The molecule has 1 fully saturated rings. The van der Waals surface area contributed by atoms with Crippen LogP contribution in [0.3, 0.4) is 0 Å². The van der Waals surface area contributed by atoms with Crippen molar-refractivity contribution in [3.8, 4) is 0 Å². The molecule has 0 radical (unpaired) electrons. The predicted octanol–water partition coefficient (Wildman–Crippen LogP) is 1.68. The highest BCUT2D eigenvalue weighted by Crippen LogP contribution is 2.43. The zero-order valence-corrected chi connectivity index (χ0v) is 13.5. The SMILES string of the molecule is C=CC(=O)N(CC)CC(=O)N1CCC2(C1)OCc1ccccc12. The van der Waals surface area contributed by atoms with E-state index in [0.29, 0.717) is 26.2 Å². The van der Waals surface area contributed by atoms with E-state index in [1.807, 2.05) is 19.1 Å². The molecule has 23 heavy (non-hydrogen) atoms. The predicted molar refractivity (Wildman–Crippen MR) is 86.6 cm³/mol. The molecule has 0 N–H and O–H groups in total. The fourth-order valence-electron chi connectivity index (χ4n) is 3.45. The minimum atomic E-state index is -0.369. The average molecular weight is 314 g/mol. The van der Waals surface area contributed by atoms with E-state index in [4.69, 9.17) is 4.74 Å². The average Bonchev–Trinajstić information content (AvgIpc) is 3.18. The highest BCUT2D eigenvalue weighted by Gasteiger charge is 2.46. The molecule has 1 spiro atoms. The van der Waals surface area contributed by atoms with Crippen LogP contribution in [0.15, 0.2) is 36.9 Å². The normalized spacial score (nSPS) is 22.2. The van der Waals surface area contributed by atoms with Crippen LogP contribution in [0.2, 0.25) is 0 Å². The van der Waals surface area contributed by atoms with Crippen molar-refractivity contribution in [2.24, 2.45) is 0 Å². The van der Waals surface area contributed by atoms with E-state index in [2.05, 4.69) is 18.7 Å². The van der Waals surface area contributed by atoms with Gasteiger partial charge in [-0.3, -0.25) is 9.59 Å². The van der Waals surface area contributed by atoms with Gasteiger partial charge in [-0.2, -0.15) is 0 Å². The van der Waals surface area contributed by atoms with Gasteiger partial charge in [0.25, 0.3) is 0 Å². The number of likely N-dealkylation sites (tertiary alicyclic amines) is 1. The molecule has 122 valence electrons. The van der Waals surface area contributed by atoms with Gasteiger partial charge in [-0.1, -0.05) is 30.8 Å². The van der Waals surface area contributed by atoms with Crippen molar-refractivity contribution in [1.29, 1.82) is 0 Å². The number of fused-ring (bicyclic) bond motifs is 2. The summed E-state index contributed by atoms with van der Waals surface area (Å²) in [4.78, 5) is 27.6. The number of nitrogens with zero attached hydrogens (tertiary/aromatic N) is 2. The number of carbonyl (C=O) groups excluding carboxylic acids is 2. The molecular weight excluding hydrogens is 292 g/mol. The Labute approximate surface area is 136 Å². The lowest BCUT2D eigenvalue weighted by Crippen LogP contribution is -2.42. The third-order valence-corrected chi connectivity index (χ3v) is 4.79. The summed E-state index contributed by atoms with van der Waals surface area (Å²) in [5, 5.41) is 0. The third-order valence-electron chi connectivity index (χ3n) is 4.79. The molecule has 2 aliphatic heterocycles. The lowest BCUT2D eigenvalue weighted by atomic mass is 9.92.